The summed E-state index contributed by atoms with van der Waals surface area (Å²) in [4.78, 5) is 11.6. The number of hydrogen-bond donors (Lipinski definition) is 0. The summed E-state index contributed by atoms with van der Waals surface area (Å²) in [5.74, 6) is 0.360. The van der Waals surface area contributed by atoms with Gasteiger partial charge in [0.2, 0.25) is 10.0 Å². The summed E-state index contributed by atoms with van der Waals surface area (Å²) in [7, 11) is -3.73. The minimum Gasteiger partial charge on any atom is -0.353 e. The lowest BCUT2D eigenvalue weighted by atomic mass is 10.1. The van der Waals surface area contributed by atoms with E-state index in [9.17, 15) is 12.8 Å². The van der Waals surface area contributed by atoms with Crippen LogP contribution in [0.2, 0.25) is 0 Å². The minimum absolute atomic E-state index is 0.112. The molecule has 1 aliphatic rings. The highest BCUT2D eigenvalue weighted by atomic mass is 32.2. The molecule has 0 radical (unpaired) electrons. The van der Waals surface area contributed by atoms with Gasteiger partial charge < -0.3 is 9.47 Å². The molecule has 0 atom stereocenters. The van der Waals surface area contributed by atoms with Gasteiger partial charge in [-0.25, -0.2) is 22.8 Å². The number of hydrogen-bond acceptors (Lipinski definition) is 5. The van der Waals surface area contributed by atoms with Gasteiger partial charge in [0.15, 0.2) is 5.65 Å². The summed E-state index contributed by atoms with van der Waals surface area (Å²) in [5, 5.41) is 0.927. The first-order valence-electron chi connectivity index (χ1n) is 12.8. The topological polar surface area (TPSA) is 71.3 Å². The van der Waals surface area contributed by atoms with Gasteiger partial charge in [0.05, 0.1) is 10.3 Å². The first-order valence-corrected chi connectivity index (χ1v) is 14.3. The number of rotatable bonds is 5. The molecule has 1 saturated heterocycles. The molecule has 6 rings (SSSR count). The zero-order valence-electron chi connectivity index (χ0n) is 21.8. The molecule has 198 valence electrons. The van der Waals surface area contributed by atoms with Crippen LogP contribution >= 0.6 is 0 Å². The van der Waals surface area contributed by atoms with Crippen molar-refractivity contribution in [2.75, 3.05) is 31.1 Å². The number of fused-ring (bicyclic) bond motifs is 1. The third-order valence-electron chi connectivity index (χ3n) is 7.23. The molecule has 0 saturated carbocycles. The smallest absolute Gasteiger partial charge is 0.243 e. The molecule has 0 aliphatic carbocycles. The van der Waals surface area contributed by atoms with Crippen molar-refractivity contribution in [1.82, 2.24) is 18.8 Å². The maximum Gasteiger partial charge on any atom is 0.243 e. The molecule has 0 N–H and O–H groups in total. The van der Waals surface area contributed by atoms with Gasteiger partial charge in [-0.15, -0.1) is 0 Å². The summed E-state index contributed by atoms with van der Waals surface area (Å²) in [5.41, 5.74) is 5.33. The van der Waals surface area contributed by atoms with E-state index in [1.807, 2.05) is 24.3 Å². The highest BCUT2D eigenvalue weighted by molar-refractivity contribution is 7.89. The third-order valence-corrected chi connectivity index (χ3v) is 9.13. The molecule has 0 amide bonds. The zero-order valence-corrected chi connectivity index (χ0v) is 22.6. The number of aromatic nitrogens is 3. The number of anilines is 1. The Balaban J connectivity index is 1.38. The average Bonchev–Trinajstić information content (AvgIpc) is 3.35. The molecule has 9 heteroatoms. The van der Waals surface area contributed by atoms with Gasteiger partial charge >= 0.3 is 0 Å². The lowest BCUT2D eigenvalue weighted by Crippen LogP contribution is -2.49. The zero-order chi connectivity index (χ0) is 27.1. The van der Waals surface area contributed by atoms with E-state index in [0.29, 0.717) is 31.7 Å². The molecule has 5 aromatic rings. The maximum absolute atomic E-state index is 13.8. The second-order valence-corrected chi connectivity index (χ2v) is 11.8. The van der Waals surface area contributed by atoms with Crippen LogP contribution in [-0.4, -0.2) is 53.4 Å². The van der Waals surface area contributed by atoms with Crippen molar-refractivity contribution in [1.29, 1.82) is 0 Å². The van der Waals surface area contributed by atoms with Crippen LogP contribution in [0.25, 0.3) is 27.8 Å². The van der Waals surface area contributed by atoms with Gasteiger partial charge in [-0.3, -0.25) is 0 Å². The predicted octanol–water partition coefficient (Wildman–Crippen LogP) is 5.35. The molecular weight excluding hydrogens is 513 g/mol. The first-order chi connectivity index (χ1) is 18.8. The van der Waals surface area contributed by atoms with E-state index >= 15 is 0 Å². The van der Waals surface area contributed by atoms with Gasteiger partial charge in [0.1, 0.15) is 18.0 Å². The molecule has 1 aliphatic heterocycles. The van der Waals surface area contributed by atoms with Crippen LogP contribution in [0.5, 0.6) is 0 Å². The van der Waals surface area contributed by atoms with Crippen LogP contribution in [0.15, 0.2) is 90.2 Å². The van der Waals surface area contributed by atoms with E-state index in [4.69, 9.17) is 4.98 Å². The van der Waals surface area contributed by atoms with E-state index in [1.54, 1.807) is 13.3 Å². The Labute approximate surface area is 227 Å². The van der Waals surface area contributed by atoms with Crippen molar-refractivity contribution in [2.24, 2.45) is 0 Å². The highest BCUT2D eigenvalue weighted by Crippen LogP contribution is 2.37. The predicted molar refractivity (Wildman–Crippen MR) is 151 cm³/mol. The van der Waals surface area contributed by atoms with Crippen molar-refractivity contribution in [3.63, 3.8) is 0 Å². The Morgan fingerprint density at radius 2 is 1.62 bits per heavy atom. The minimum atomic E-state index is -3.73. The Kier molecular flexibility index (Phi) is 6.40. The lowest BCUT2D eigenvalue weighted by Gasteiger charge is -2.35. The molecule has 1 fully saturated rings. The summed E-state index contributed by atoms with van der Waals surface area (Å²) in [6.07, 6.45) is 3.67. The molecule has 3 heterocycles. The van der Waals surface area contributed by atoms with Gasteiger partial charge in [-0.05, 0) is 60.9 Å². The number of halogens is 1. The van der Waals surface area contributed by atoms with E-state index < -0.39 is 15.8 Å². The maximum atomic E-state index is 13.8. The van der Waals surface area contributed by atoms with Gasteiger partial charge in [0.25, 0.3) is 0 Å². The second-order valence-electron chi connectivity index (χ2n) is 9.82. The lowest BCUT2D eigenvalue weighted by molar-refractivity contribution is 0.384. The molecule has 0 spiro atoms. The van der Waals surface area contributed by atoms with Crippen LogP contribution < -0.4 is 4.90 Å². The number of aryl methyl sites for hydroxylation is 2. The van der Waals surface area contributed by atoms with E-state index in [2.05, 4.69) is 57.9 Å². The summed E-state index contributed by atoms with van der Waals surface area (Å²) in [6.45, 7) is 5.16. The fourth-order valence-corrected chi connectivity index (χ4v) is 6.67. The van der Waals surface area contributed by atoms with Crippen LogP contribution in [0.1, 0.15) is 11.1 Å². The molecule has 2 aromatic heterocycles. The Bertz CT molecular complexity index is 1780. The number of nitrogens with zero attached hydrogens (tertiary/aromatic N) is 5. The van der Waals surface area contributed by atoms with Crippen molar-refractivity contribution >= 4 is 26.9 Å². The van der Waals surface area contributed by atoms with E-state index in [1.165, 1.54) is 22.5 Å². The monoisotopic (exact) mass is 541 g/mol. The van der Waals surface area contributed by atoms with Gasteiger partial charge in [-0.2, -0.15) is 4.31 Å². The molecule has 39 heavy (non-hydrogen) atoms. The molecule has 7 nitrogen and oxygen atoms in total. The normalized spacial score (nSPS) is 14.7. The van der Waals surface area contributed by atoms with Crippen molar-refractivity contribution in [2.45, 2.75) is 18.7 Å². The largest absolute Gasteiger partial charge is 0.353 e. The Morgan fingerprint density at radius 3 is 2.33 bits per heavy atom. The number of sulfonamides is 1. The summed E-state index contributed by atoms with van der Waals surface area (Å²) >= 11 is 0. The quantitative estimate of drug-likeness (QED) is 0.300. The summed E-state index contributed by atoms with van der Waals surface area (Å²) < 4.78 is 43.9. The molecular formula is C30H28FN5O2S. The standard InChI is InChI=1S/C30H28FN5O2S/c1-21-7-6-10-24(17-21)36-19-26(23-8-4-3-5-9-23)28-29(32-20-33-30(28)36)34-13-15-35(16-14-34)39(37,38)25-11-12-27(31)22(2)18-25/h3-12,17-20H,13-16H2,1-2H3. The third kappa shape index (κ3) is 4.57. The summed E-state index contributed by atoms with van der Waals surface area (Å²) in [6, 6.07) is 22.4. The fourth-order valence-electron chi connectivity index (χ4n) is 5.16. The molecule has 0 unspecified atom stereocenters. The van der Waals surface area contributed by atoms with E-state index in [-0.39, 0.29) is 4.90 Å². The average molecular weight is 542 g/mol. The fraction of sp³-hybridized carbons (Fsp3) is 0.200. The van der Waals surface area contributed by atoms with Crippen molar-refractivity contribution in [3.05, 3.63) is 102 Å². The number of piperazine rings is 1. The second kappa shape index (κ2) is 9.91. The van der Waals surface area contributed by atoms with Crippen molar-refractivity contribution < 1.29 is 12.8 Å². The Hall–Kier alpha value is -4.08. The molecule has 0 bridgehead atoms. The van der Waals surface area contributed by atoms with Crippen LogP contribution in [0.4, 0.5) is 10.2 Å². The van der Waals surface area contributed by atoms with Crippen LogP contribution in [0, 0.1) is 19.7 Å². The Morgan fingerprint density at radius 1 is 0.846 bits per heavy atom. The van der Waals surface area contributed by atoms with Crippen LogP contribution in [-0.2, 0) is 10.0 Å². The first kappa shape index (κ1) is 25.2. The van der Waals surface area contributed by atoms with Gasteiger partial charge in [-0.1, -0.05) is 42.5 Å². The van der Waals surface area contributed by atoms with Crippen molar-refractivity contribution in [3.8, 4) is 16.8 Å². The van der Waals surface area contributed by atoms with Gasteiger partial charge in [0, 0.05) is 43.6 Å². The number of benzene rings is 3. The van der Waals surface area contributed by atoms with Crippen LogP contribution in [0.3, 0.4) is 0 Å². The SMILES string of the molecule is Cc1cccc(-n2cc(-c3ccccc3)c3c(N4CCN(S(=O)(=O)c5ccc(F)c(C)c5)CC4)ncnc32)c1. The highest BCUT2D eigenvalue weighted by Gasteiger charge is 2.31. The molecule has 3 aromatic carbocycles. The van der Waals surface area contributed by atoms with E-state index in [0.717, 1.165) is 39.2 Å².